The Balaban J connectivity index is 1.40. The number of ether oxygens (including phenoxy) is 3. The van der Waals surface area contributed by atoms with E-state index in [2.05, 4.69) is 27.1 Å². The first kappa shape index (κ1) is 27.3. The van der Waals surface area contributed by atoms with Crippen LogP contribution in [0.25, 0.3) is 0 Å². The molecule has 38 heavy (non-hydrogen) atoms. The minimum absolute atomic E-state index is 0.0518. The number of amides is 1. The number of rotatable bonds is 10. The molecular formula is C26H35N4O7P. The number of benzene rings is 1. The zero-order chi connectivity index (χ0) is 26.6. The molecule has 3 fully saturated rings. The molecule has 7 atom stereocenters. The highest BCUT2D eigenvalue weighted by Gasteiger charge is 2.53. The molecule has 3 saturated heterocycles. The van der Waals surface area contributed by atoms with Crippen LogP contribution in [0.4, 0.5) is 5.82 Å². The molecular weight excluding hydrogens is 511 g/mol. The van der Waals surface area contributed by atoms with Gasteiger partial charge in [0.25, 0.3) is 8.53 Å². The third-order valence-corrected chi connectivity index (χ3v) is 8.81. The molecule has 5 rings (SSSR count). The van der Waals surface area contributed by atoms with Gasteiger partial charge in [0.15, 0.2) is 6.23 Å². The zero-order valence-electron chi connectivity index (χ0n) is 21.9. The van der Waals surface area contributed by atoms with Crippen molar-refractivity contribution in [2.45, 2.75) is 69.8 Å². The van der Waals surface area contributed by atoms with E-state index < -0.39 is 32.7 Å². The average Bonchev–Trinajstić information content (AvgIpc) is 3.60. The molecule has 1 amide bonds. The molecule has 1 aromatic carbocycles. The van der Waals surface area contributed by atoms with Crippen molar-refractivity contribution in [3.63, 3.8) is 0 Å². The second-order valence-electron chi connectivity index (χ2n) is 9.60. The molecule has 4 heterocycles. The molecule has 0 spiro atoms. The number of aromatic nitrogens is 2. The van der Waals surface area contributed by atoms with Gasteiger partial charge in [0, 0.05) is 32.8 Å². The summed E-state index contributed by atoms with van der Waals surface area (Å²) in [5.41, 5.74) is 0.596. The van der Waals surface area contributed by atoms with Crippen LogP contribution in [0.2, 0.25) is 0 Å². The number of carbonyl (C=O) groups is 1. The summed E-state index contributed by atoms with van der Waals surface area (Å²) in [6, 6.07) is 12.1. The van der Waals surface area contributed by atoms with E-state index in [1.165, 1.54) is 11.5 Å². The van der Waals surface area contributed by atoms with Gasteiger partial charge in [0.2, 0.25) is 5.91 Å². The van der Waals surface area contributed by atoms with E-state index in [1.807, 2.05) is 25.1 Å². The number of hydrogen-bond donors (Lipinski definition) is 1. The van der Waals surface area contributed by atoms with E-state index in [0.717, 1.165) is 24.9 Å². The van der Waals surface area contributed by atoms with Crippen LogP contribution >= 0.6 is 8.53 Å². The Kier molecular flexibility index (Phi) is 8.84. The number of fused-ring (bicyclic) bond motifs is 1. The molecule has 0 bridgehead atoms. The van der Waals surface area contributed by atoms with Crippen molar-refractivity contribution in [3.05, 3.63) is 58.6 Å². The van der Waals surface area contributed by atoms with Crippen molar-refractivity contribution in [1.29, 1.82) is 0 Å². The molecule has 3 aliphatic heterocycles. The number of carbonyl (C=O) groups excluding carboxylic acids is 1. The normalized spacial score (nSPS) is 31.0. The quantitative estimate of drug-likeness (QED) is 0.354. The number of nitrogens with zero attached hydrogens (tertiary/aromatic N) is 3. The Morgan fingerprint density at radius 1 is 1.21 bits per heavy atom. The van der Waals surface area contributed by atoms with E-state index in [4.69, 9.17) is 23.3 Å². The molecule has 1 aromatic heterocycles. The van der Waals surface area contributed by atoms with Gasteiger partial charge in [-0.2, -0.15) is 4.98 Å². The summed E-state index contributed by atoms with van der Waals surface area (Å²) in [7, 11) is 0.252. The third kappa shape index (κ3) is 5.70. The van der Waals surface area contributed by atoms with E-state index >= 15 is 0 Å². The fourth-order valence-corrected chi connectivity index (χ4v) is 7.32. The fourth-order valence-electron chi connectivity index (χ4n) is 5.32. The highest BCUT2D eigenvalue weighted by molar-refractivity contribution is 7.45. The third-order valence-electron chi connectivity index (χ3n) is 7.07. The van der Waals surface area contributed by atoms with Crippen LogP contribution in [0.15, 0.2) is 47.4 Å². The van der Waals surface area contributed by atoms with Gasteiger partial charge in [-0.15, -0.1) is 0 Å². The smallest absolute Gasteiger partial charge is 0.351 e. The number of methoxy groups -OCH3 is 1. The monoisotopic (exact) mass is 546 g/mol. The molecule has 11 nitrogen and oxygen atoms in total. The van der Waals surface area contributed by atoms with Crippen LogP contribution in [0, 0.1) is 0 Å². The SMILES string of the molecule is CC[C@H]1O[C@@H](n2ccc(NC(C)=O)nc2=O)[C@@H](OCCOC)C1OP1O[C@@H](c2ccccc2)[C@H]2CCCN21. The minimum Gasteiger partial charge on any atom is -0.382 e. The Labute approximate surface area is 223 Å². The number of anilines is 1. The molecule has 12 heteroatoms. The van der Waals surface area contributed by atoms with Crippen molar-refractivity contribution < 1.29 is 28.1 Å². The average molecular weight is 547 g/mol. The van der Waals surface area contributed by atoms with Gasteiger partial charge >= 0.3 is 5.69 Å². The van der Waals surface area contributed by atoms with Crippen molar-refractivity contribution in [2.75, 3.05) is 32.2 Å². The van der Waals surface area contributed by atoms with Crippen molar-refractivity contribution in [1.82, 2.24) is 14.2 Å². The molecule has 2 unspecified atom stereocenters. The summed E-state index contributed by atoms with van der Waals surface area (Å²) in [5, 5.41) is 2.54. The summed E-state index contributed by atoms with van der Waals surface area (Å²) in [4.78, 5) is 28.4. The first-order valence-corrected chi connectivity index (χ1v) is 14.2. The Bertz CT molecular complexity index is 1150. The van der Waals surface area contributed by atoms with E-state index in [1.54, 1.807) is 19.4 Å². The lowest BCUT2D eigenvalue weighted by Gasteiger charge is -2.29. The summed E-state index contributed by atoms with van der Waals surface area (Å²) >= 11 is 0. The van der Waals surface area contributed by atoms with Gasteiger partial charge in [-0.3, -0.25) is 9.36 Å². The number of nitrogens with one attached hydrogen (secondary N) is 1. The van der Waals surface area contributed by atoms with Gasteiger partial charge in [0.1, 0.15) is 24.1 Å². The van der Waals surface area contributed by atoms with Crippen molar-refractivity contribution >= 4 is 20.3 Å². The second-order valence-corrected chi connectivity index (χ2v) is 11.0. The maximum Gasteiger partial charge on any atom is 0.351 e. The van der Waals surface area contributed by atoms with Crippen LogP contribution in [-0.2, 0) is 28.1 Å². The van der Waals surface area contributed by atoms with Crippen molar-refractivity contribution in [2.24, 2.45) is 0 Å². The second kappa shape index (κ2) is 12.3. The van der Waals surface area contributed by atoms with Gasteiger partial charge in [-0.25, -0.2) is 9.46 Å². The van der Waals surface area contributed by atoms with Gasteiger partial charge in [0.05, 0.1) is 19.3 Å². The maximum absolute atomic E-state index is 13.0. The molecule has 3 aliphatic rings. The molecule has 0 radical (unpaired) electrons. The Morgan fingerprint density at radius 3 is 2.74 bits per heavy atom. The summed E-state index contributed by atoms with van der Waals surface area (Å²) in [6.45, 7) is 4.99. The Morgan fingerprint density at radius 2 is 2.03 bits per heavy atom. The summed E-state index contributed by atoms with van der Waals surface area (Å²) < 4.78 is 34.9. The van der Waals surface area contributed by atoms with Crippen molar-refractivity contribution in [3.8, 4) is 0 Å². The topological polar surface area (TPSA) is 113 Å². The molecule has 0 aliphatic carbocycles. The van der Waals surface area contributed by atoms with E-state index in [0.29, 0.717) is 19.6 Å². The van der Waals surface area contributed by atoms with Crippen LogP contribution < -0.4 is 11.0 Å². The van der Waals surface area contributed by atoms with Gasteiger partial charge in [-0.05, 0) is 30.9 Å². The van der Waals surface area contributed by atoms with Gasteiger partial charge in [-0.1, -0.05) is 37.3 Å². The largest absolute Gasteiger partial charge is 0.382 e. The molecule has 0 saturated carbocycles. The standard InChI is InChI=1S/C26H35N4O7P/c1-4-20-23(37-38-30-13-8-11-19(30)22(36-38)18-9-6-5-7-10-18)24(34-16-15-33-3)25(35-20)29-14-12-21(27-17(2)31)28-26(29)32/h5-7,9-10,12,14,19-20,22-25H,4,8,11,13,15-16H2,1-3H3,(H,27,28,31,32)/t19-,20-,22+,23?,24+,25-,38?/m1/s1. The summed E-state index contributed by atoms with van der Waals surface area (Å²) in [5.74, 6) is -0.122. The zero-order valence-corrected chi connectivity index (χ0v) is 22.8. The lowest BCUT2D eigenvalue weighted by Crippen LogP contribution is -2.39. The summed E-state index contributed by atoms with van der Waals surface area (Å²) in [6.07, 6.45) is 2.17. The molecule has 2 aromatic rings. The fraction of sp³-hybridized carbons (Fsp3) is 0.577. The predicted octanol–water partition coefficient (Wildman–Crippen LogP) is 3.39. The lowest BCUT2D eigenvalue weighted by atomic mass is 10.0. The molecule has 206 valence electrons. The van der Waals surface area contributed by atoms with Crippen LogP contribution in [0.3, 0.4) is 0 Å². The minimum atomic E-state index is -1.36. The molecule has 1 N–H and O–H groups in total. The predicted molar refractivity (Wildman–Crippen MR) is 140 cm³/mol. The Hall–Kier alpha value is -2.24. The first-order chi connectivity index (χ1) is 18.5. The highest BCUT2D eigenvalue weighted by Crippen LogP contribution is 2.61. The van der Waals surface area contributed by atoms with Crippen LogP contribution in [-0.4, -0.2) is 71.4 Å². The van der Waals surface area contributed by atoms with E-state index in [9.17, 15) is 9.59 Å². The van der Waals surface area contributed by atoms with E-state index in [-0.39, 0.29) is 30.0 Å². The number of hydrogen-bond acceptors (Lipinski definition) is 9. The highest BCUT2D eigenvalue weighted by atomic mass is 31.2. The first-order valence-electron chi connectivity index (χ1n) is 13.1. The lowest BCUT2D eigenvalue weighted by molar-refractivity contribution is -0.114. The van der Waals surface area contributed by atoms with Crippen LogP contribution in [0.5, 0.6) is 0 Å². The van der Waals surface area contributed by atoms with Crippen LogP contribution in [0.1, 0.15) is 51.0 Å². The van der Waals surface area contributed by atoms with Gasteiger partial charge < -0.3 is 28.6 Å². The maximum atomic E-state index is 13.0.